The normalized spacial score (nSPS) is 17.4. The highest BCUT2D eigenvalue weighted by atomic mass is 16.7. The van der Waals surface area contributed by atoms with Crippen molar-refractivity contribution in [2.24, 2.45) is 13.0 Å². The van der Waals surface area contributed by atoms with Crippen LogP contribution < -0.4 is 21.9 Å². The molecule has 5 rings (SSSR count). The summed E-state index contributed by atoms with van der Waals surface area (Å²) in [6.07, 6.45) is 1.90. The van der Waals surface area contributed by atoms with Gasteiger partial charge in [0.25, 0.3) is 17.4 Å². The molecule has 0 bridgehead atoms. The number of carbonyl (C=O) groups is 2. The maximum atomic E-state index is 14.0. The second-order valence-corrected chi connectivity index (χ2v) is 11.4. The Labute approximate surface area is 273 Å². The zero-order chi connectivity index (χ0) is 33.5. The average molecular weight is 640 g/mol. The third kappa shape index (κ3) is 7.32. The molecule has 0 fully saturated rings. The molecule has 1 aliphatic rings. The van der Waals surface area contributed by atoms with Gasteiger partial charge in [-0.25, -0.2) is 4.68 Å². The fraction of sp³-hybridized carbons (Fsp3) is 0.306. The number of aromatic nitrogens is 2. The number of amides is 2. The lowest BCUT2D eigenvalue weighted by atomic mass is 9.80. The third-order valence-electron chi connectivity index (χ3n) is 8.45. The summed E-state index contributed by atoms with van der Waals surface area (Å²) < 4.78 is 15.5. The van der Waals surface area contributed by atoms with Crippen molar-refractivity contribution in [2.45, 2.75) is 45.4 Å². The first-order valence-corrected chi connectivity index (χ1v) is 15.7. The molecule has 0 radical (unpaired) electrons. The van der Waals surface area contributed by atoms with E-state index in [-0.39, 0.29) is 36.3 Å². The zero-order valence-electron chi connectivity index (χ0n) is 26.8. The van der Waals surface area contributed by atoms with Crippen LogP contribution in [-0.2, 0) is 27.9 Å². The molecule has 0 spiro atoms. The topological polar surface area (TPSA) is 150 Å². The number of hydrogen-bond acceptors (Lipinski definition) is 7. The molecule has 47 heavy (non-hydrogen) atoms. The molecule has 0 saturated heterocycles. The van der Waals surface area contributed by atoms with Crippen molar-refractivity contribution >= 4 is 23.2 Å². The number of para-hydroxylation sites is 3. The summed E-state index contributed by atoms with van der Waals surface area (Å²) in [5.74, 6) is -1.53. The van der Waals surface area contributed by atoms with E-state index in [0.29, 0.717) is 42.0 Å². The van der Waals surface area contributed by atoms with Crippen LogP contribution in [0.4, 0.5) is 11.4 Å². The van der Waals surface area contributed by atoms with Gasteiger partial charge in [-0.15, -0.1) is 0 Å². The van der Waals surface area contributed by atoms with Gasteiger partial charge in [0, 0.05) is 55.5 Å². The van der Waals surface area contributed by atoms with Crippen molar-refractivity contribution in [2.75, 3.05) is 24.3 Å². The Balaban J connectivity index is 1.38. The van der Waals surface area contributed by atoms with E-state index in [1.807, 2.05) is 55.9 Å². The number of aliphatic hydroxyl groups is 1. The fourth-order valence-electron chi connectivity index (χ4n) is 5.92. The molecule has 3 unspecified atom stereocenters. The Morgan fingerprint density at radius 2 is 1.70 bits per heavy atom. The van der Waals surface area contributed by atoms with Crippen molar-refractivity contribution < 1.29 is 24.2 Å². The number of ether oxygens (including phenoxy) is 2. The van der Waals surface area contributed by atoms with E-state index in [2.05, 4.69) is 10.6 Å². The van der Waals surface area contributed by atoms with Crippen molar-refractivity contribution in [1.82, 2.24) is 14.7 Å². The number of aliphatic hydroxyl groups excluding tert-OH is 1. The Morgan fingerprint density at radius 1 is 1.00 bits per heavy atom. The lowest BCUT2D eigenvalue weighted by Gasteiger charge is -2.36. The molecular weight excluding hydrogens is 598 g/mol. The number of nitrogens with one attached hydrogen (secondary N) is 2. The minimum absolute atomic E-state index is 0.0259. The van der Waals surface area contributed by atoms with E-state index < -0.39 is 18.1 Å². The van der Waals surface area contributed by atoms with E-state index in [4.69, 9.17) is 15.2 Å². The number of hydrogen-bond donors (Lipinski definition) is 4. The van der Waals surface area contributed by atoms with E-state index in [1.165, 1.54) is 0 Å². The highest BCUT2D eigenvalue weighted by Crippen LogP contribution is 2.39. The predicted molar refractivity (Wildman–Crippen MR) is 180 cm³/mol. The van der Waals surface area contributed by atoms with Crippen molar-refractivity contribution in [3.8, 4) is 5.69 Å². The standard InChI is InChI=1S/C36H41N5O6/c1-4-46-36-27(13-10-20-42)28(32-23(2)40(3)41(35(32)45)26-11-6-5-7-12-26)21-31(47-36)34(44)38-22-24-16-18-25(19-17-24)33(43)39-30-15-9-8-14-29(30)37/h5-9,11-12,14-19,21,27-28,36,42H,4,10,13,20,22,37H2,1-3H3,(H,38,44)(H,39,43). The SMILES string of the molecule is CCOC1OC(C(=O)NCc2ccc(C(=O)Nc3ccccc3N)cc2)=CC(c2c(C)n(C)n(-c3ccccc3)c2=O)C1CCCO. The molecule has 3 aromatic carbocycles. The van der Waals surface area contributed by atoms with Gasteiger partial charge in [-0.05, 0) is 74.7 Å². The van der Waals surface area contributed by atoms with Gasteiger partial charge in [0.05, 0.1) is 17.1 Å². The maximum absolute atomic E-state index is 14.0. The monoisotopic (exact) mass is 639 g/mol. The number of nitrogens with zero attached hydrogens (tertiary/aromatic N) is 2. The van der Waals surface area contributed by atoms with Gasteiger partial charge in [0.2, 0.25) is 6.29 Å². The first kappa shape index (κ1) is 33.2. The largest absolute Gasteiger partial charge is 0.459 e. The van der Waals surface area contributed by atoms with Crippen LogP contribution in [0.1, 0.15) is 52.9 Å². The molecule has 4 aromatic rings. The third-order valence-corrected chi connectivity index (χ3v) is 8.45. The summed E-state index contributed by atoms with van der Waals surface area (Å²) >= 11 is 0. The molecule has 0 saturated carbocycles. The number of carbonyl (C=O) groups excluding carboxylic acids is 2. The molecule has 11 nitrogen and oxygen atoms in total. The van der Waals surface area contributed by atoms with Crippen LogP contribution in [0.25, 0.3) is 5.69 Å². The molecule has 0 aliphatic carbocycles. The quantitative estimate of drug-likeness (QED) is 0.168. The van der Waals surface area contributed by atoms with E-state index in [1.54, 1.807) is 59.3 Å². The van der Waals surface area contributed by atoms with Crippen LogP contribution in [-0.4, -0.2) is 45.8 Å². The minimum Gasteiger partial charge on any atom is -0.459 e. The van der Waals surface area contributed by atoms with Crippen LogP contribution in [0, 0.1) is 12.8 Å². The zero-order valence-corrected chi connectivity index (χ0v) is 26.8. The van der Waals surface area contributed by atoms with Gasteiger partial charge in [0.15, 0.2) is 5.76 Å². The number of nitrogens with two attached hydrogens (primary N) is 1. The van der Waals surface area contributed by atoms with E-state index >= 15 is 0 Å². The van der Waals surface area contributed by atoms with Gasteiger partial charge in [-0.2, -0.15) is 0 Å². The Bertz CT molecular complexity index is 1790. The van der Waals surface area contributed by atoms with Crippen molar-refractivity contribution in [1.29, 1.82) is 0 Å². The molecule has 2 heterocycles. The lowest BCUT2D eigenvalue weighted by Crippen LogP contribution is -2.40. The van der Waals surface area contributed by atoms with Crippen LogP contribution in [0.15, 0.2) is 95.5 Å². The molecule has 246 valence electrons. The van der Waals surface area contributed by atoms with Crippen LogP contribution >= 0.6 is 0 Å². The molecular formula is C36H41N5O6. The van der Waals surface area contributed by atoms with Crippen molar-refractivity contribution in [3.05, 3.63) is 123 Å². The molecule has 5 N–H and O–H groups in total. The van der Waals surface area contributed by atoms with Gasteiger partial charge in [-0.3, -0.25) is 19.1 Å². The summed E-state index contributed by atoms with van der Waals surface area (Å²) in [5.41, 5.74) is 9.98. The van der Waals surface area contributed by atoms with Crippen LogP contribution in [0.2, 0.25) is 0 Å². The average Bonchev–Trinajstić information content (AvgIpc) is 3.30. The molecule has 2 amide bonds. The summed E-state index contributed by atoms with van der Waals surface area (Å²) in [6, 6.07) is 23.3. The van der Waals surface area contributed by atoms with Gasteiger partial charge in [0.1, 0.15) is 0 Å². The second-order valence-electron chi connectivity index (χ2n) is 11.4. The number of nitrogen functional groups attached to an aromatic ring is 1. The smallest absolute Gasteiger partial charge is 0.286 e. The van der Waals surface area contributed by atoms with Gasteiger partial charge in [-0.1, -0.05) is 42.5 Å². The summed E-state index contributed by atoms with van der Waals surface area (Å²) in [6.45, 7) is 4.21. The minimum atomic E-state index is -0.803. The highest BCUT2D eigenvalue weighted by molar-refractivity contribution is 6.05. The highest BCUT2D eigenvalue weighted by Gasteiger charge is 2.40. The number of rotatable bonds is 12. The lowest BCUT2D eigenvalue weighted by molar-refractivity contribution is -0.166. The summed E-state index contributed by atoms with van der Waals surface area (Å²) in [7, 11) is 1.83. The van der Waals surface area contributed by atoms with E-state index in [0.717, 1.165) is 16.9 Å². The Morgan fingerprint density at radius 3 is 2.38 bits per heavy atom. The summed E-state index contributed by atoms with van der Waals surface area (Å²) in [4.78, 5) is 40.3. The Kier molecular flexibility index (Phi) is 10.6. The first-order valence-electron chi connectivity index (χ1n) is 15.7. The molecule has 3 atom stereocenters. The van der Waals surface area contributed by atoms with Crippen LogP contribution in [0.5, 0.6) is 0 Å². The summed E-state index contributed by atoms with van der Waals surface area (Å²) in [5, 5.41) is 15.4. The van der Waals surface area contributed by atoms with E-state index in [9.17, 15) is 19.5 Å². The Hall–Kier alpha value is -5.13. The van der Waals surface area contributed by atoms with Gasteiger partial charge >= 0.3 is 0 Å². The fourth-order valence-corrected chi connectivity index (χ4v) is 5.92. The van der Waals surface area contributed by atoms with Crippen molar-refractivity contribution in [3.63, 3.8) is 0 Å². The first-order chi connectivity index (χ1) is 22.7. The number of benzene rings is 3. The second kappa shape index (κ2) is 15.0. The number of anilines is 2. The molecule has 11 heteroatoms. The maximum Gasteiger partial charge on any atom is 0.286 e. The number of allylic oxidation sites excluding steroid dienone is 1. The van der Waals surface area contributed by atoms with Crippen LogP contribution in [0.3, 0.4) is 0 Å². The van der Waals surface area contributed by atoms with Gasteiger partial charge < -0.3 is 30.9 Å². The molecule has 1 aromatic heterocycles. The molecule has 1 aliphatic heterocycles. The predicted octanol–water partition coefficient (Wildman–Crippen LogP) is 4.38.